The van der Waals surface area contributed by atoms with Crippen LogP contribution in [0.4, 0.5) is 0 Å². The van der Waals surface area contributed by atoms with E-state index in [-0.39, 0.29) is 34.2 Å². The lowest BCUT2D eigenvalue weighted by atomic mass is 9.72. The molecule has 0 atom stereocenters. The molecular weight excluding hydrogens is 672 g/mol. The summed E-state index contributed by atoms with van der Waals surface area (Å²) in [4.78, 5) is 39.6. The Morgan fingerprint density at radius 2 is 1.19 bits per heavy atom. The van der Waals surface area contributed by atoms with Crippen molar-refractivity contribution in [1.29, 1.82) is 0 Å². The number of Topliss-reactive ketones (excluding diaryl/α,β-unsaturated/α-hetero) is 1. The van der Waals surface area contributed by atoms with Crippen molar-refractivity contribution in [2.24, 2.45) is 17.8 Å². The summed E-state index contributed by atoms with van der Waals surface area (Å²) in [6.45, 7) is -0.424. The molecule has 1 amide bonds. The predicted octanol–water partition coefficient (Wildman–Crippen LogP) is 2.74. The summed E-state index contributed by atoms with van der Waals surface area (Å²) in [6, 6.07) is 9.08. The molecule has 0 saturated heterocycles. The molecule has 0 aromatic heterocycles. The molecule has 2 aromatic carbocycles. The Kier molecular flexibility index (Phi) is 11.5. The lowest BCUT2D eigenvalue weighted by molar-refractivity contribution is -0.138. The molecule has 0 spiro atoms. The normalized spacial score (nSPS) is 22.3. The standard InChI is InChI=1S/C29H35B2Br2NO8/c32-24-12-20(10-22(14-24)30(39)40)28(37)19-5-1-17(2-6-19)9-18-3-7-26(8-4-18)34(16-27(35)36)29(38)21-11-23(31(41)42)15-25(33)13-21/h10-15,17-19,26,39-42H,1-9,16H2,(H,35,36). The van der Waals surface area contributed by atoms with Crippen molar-refractivity contribution in [3.05, 3.63) is 56.5 Å². The van der Waals surface area contributed by atoms with Crippen LogP contribution in [0, 0.1) is 17.8 Å². The molecule has 9 nitrogen and oxygen atoms in total. The predicted molar refractivity (Wildman–Crippen MR) is 167 cm³/mol. The summed E-state index contributed by atoms with van der Waals surface area (Å²) in [6.07, 6.45) is 7.69. The van der Waals surface area contributed by atoms with Gasteiger partial charge in [0.1, 0.15) is 6.54 Å². The smallest absolute Gasteiger partial charge is 0.480 e. The number of rotatable bonds is 10. The van der Waals surface area contributed by atoms with Crippen LogP contribution in [0.15, 0.2) is 45.3 Å². The van der Waals surface area contributed by atoms with Gasteiger partial charge in [0.2, 0.25) is 0 Å². The lowest BCUT2D eigenvalue weighted by Crippen LogP contribution is -2.45. The second kappa shape index (κ2) is 14.6. The van der Waals surface area contributed by atoms with E-state index in [0.29, 0.717) is 39.2 Å². The topological polar surface area (TPSA) is 156 Å². The summed E-state index contributed by atoms with van der Waals surface area (Å²) in [5.74, 6) is -0.614. The Labute approximate surface area is 262 Å². The zero-order valence-corrected chi connectivity index (χ0v) is 26.3. The van der Waals surface area contributed by atoms with Gasteiger partial charge in [-0.25, -0.2) is 0 Å². The average molecular weight is 707 g/mol. The molecule has 2 aromatic rings. The third-order valence-corrected chi connectivity index (χ3v) is 9.59. The third-order valence-electron chi connectivity index (χ3n) is 8.68. The van der Waals surface area contributed by atoms with Gasteiger partial charge in [-0.3, -0.25) is 14.4 Å². The van der Waals surface area contributed by atoms with E-state index >= 15 is 0 Å². The maximum Gasteiger partial charge on any atom is 0.488 e. The fourth-order valence-corrected chi connectivity index (χ4v) is 7.55. The van der Waals surface area contributed by atoms with Gasteiger partial charge in [-0.05, 0) is 111 Å². The van der Waals surface area contributed by atoms with E-state index in [1.165, 1.54) is 17.0 Å². The lowest BCUT2D eigenvalue weighted by Gasteiger charge is -2.38. The monoisotopic (exact) mass is 705 g/mol. The van der Waals surface area contributed by atoms with Gasteiger partial charge in [0.15, 0.2) is 5.78 Å². The molecule has 2 fully saturated rings. The van der Waals surface area contributed by atoms with Crippen LogP contribution in [0.2, 0.25) is 0 Å². The Balaban J connectivity index is 1.31. The van der Waals surface area contributed by atoms with Gasteiger partial charge in [0, 0.05) is 32.0 Å². The van der Waals surface area contributed by atoms with Crippen LogP contribution in [0.25, 0.3) is 0 Å². The quantitative estimate of drug-likeness (QED) is 0.187. The Morgan fingerprint density at radius 3 is 1.69 bits per heavy atom. The molecule has 0 radical (unpaired) electrons. The van der Waals surface area contributed by atoms with Crippen molar-refractivity contribution in [2.75, 3.05) is 6.54 Å². The number of hydrogen-bond donors (Lipinski definition) is 5. The molecule has 13 heteroatoms. The van der Waals surface area contributed by atoms with Crippen molar-refractivity contribution in [1.82, 2.24) is 4.90 Å². The zero-order valence-electron chi connectivity index (χ0n) is 23.2. The molecule has 2 aliphatic carbocycles. The first-order chi connectivity index (χ1) is 19.9. The van der Waals surface area contributed by atoms with Gasteiger partial charge in [-0.15, -0.1) is 0 Å². The van der Waals surface area contributed by atoms with Crippen molar-refractivity contribution >= 4 is 74.7 Å². The van der Waals surface area contributed by atoms with Crippen LogP contribution in [0.3, 0.4) is 0 Å². The Morgan fingerprint density at radius 1 is 0.714 bits per heavy atom. The van der Waals surface area contributed by atoms with E-state index in [0.717, 1.165) is 44.9 Å². The third kappa shape index (κ3) is 8.54. The fraction of sp³-hybridized carbons (Fsp3) is 0.483. The maximum atomic E-state index is 13.4. The number of carboxylic acids is 1. The van der Waals surface area contributed by atoms with Crippen molar-refractivity contribution < 1.29 is 39.6 Å². The summed E-state index contributed by atoms with van der Waals surface area (Å²) in [5, 5.41) is 47.7. The zero-order chi connectivity index (χ0) is 30.6. The average Bonchev–Trinajstić information content (AvgIpc) is 2.95. The molecule has 2 aliphatic rings. The molecule has 0 bridgehead atoms. The summed E-state index contributed by atoms with van der Waals surface area (Å²) in [5.41, 5.74) is 1.12. The van der Waals surface area contributed by atoms with E-state index in [1.807, 2.05) is 0 Å². The van der Waals surface area contributed by atoms with Crippen molar-refractivity contribution in [2.45, 2.75) is 63.8 Å². The highest BCUT2D eigenvalue weighted by atomic mass is 79.9. The molecule has 0 aliphatic heterocycles. The molecule has 2 saturated carbocycles. The minimum atomic E-state index is -1.75. The molecule has 224 valence electrons. The van der Waals surface area contributed by atoms with Crippen LogP contribution in [-0.2, 0) is 4.79 Å². The van der Waals surface area contributed by atoms with E-state index in [9.17, 15) is 39.6 Å². The Bertz CT molecular complexity index is 1290. The highest BCUT2D eigenvalue weighted by molar-refractivity contribution is 9.10. The van der Waals surface area contributed by atoms with Crippen molar-refractivity contribution in [3.63, 3.8) is 0 Å². The van der Waals surface area contributed by atoms with Gasteiger partial charge in [0.25, 0.3) is 5.91 Å². The van der Waals surface area contributed by atoms with Crippen LogP contribution < -0.4 is 10.9 Å². The van der Waals surface area contributed by atoms with E-state index in [1.54, 1.807) is 24.3 Å². The van der Waals surface area contributed by atoms with Gasteiger partial charge in [-0.1, -0.05) is 37.9 Å². The first-order valence-corrected chi connectivity index (χ1v) is 15.9. The summed E-state index contributed by atoms with van der Waals surface area (Å²) < 4.78 is 1.13. The number of carbonyl (C=O) groups is 3. The van der Waals surface area contributed by atoms with Crippen LogP contribution in [0.5, 0.6) is 0 Å². The minimum Gasteiger partial charge on any atom is -0.480 e. The summed E-state index contributed by atoms with van der Waals surface area (Å²) >= 11 is 6.63. The fourth-order valence-electron chi connectivity index (χ4n) is 6.53. The van der Waals surface area contributed by atoms with Crippen LogP contribution >= 0.6 is 31.9 Å². The first kappa shape index (κ1) is 32.9. The number of ketones is 1. The number of halogens is 2. The van der Waals surface area contributed by atoms with E-state index in [2.05, 4.69) is 31.9 Å². The number of carboxylic acid groups (broad SMARTS) is 1. The second-order valence-electron chi connectivity index (χ2n) is 11.6. The molecule has 4 rings (SSSR count). The number of hydrogen-bond acceptors (Lipinski definition) is 7. The molecule has 0 heterocycles. The minimum absolute atomic E-state index is 0.0337. The number of carbonyl (C=O) groups excluding carboxylic acids is 2. The Hall–Kier alpha value is -2.02. The van der Waals surface area contributed by atoms with Gasteiger partial charge in [0.05, 0.1) is 0 Å². The highest BCUT2D eigenvalue weighted by Crippen LogP contribution is 2.39. The maximum absolute atomic E-state index is 13.4. The molecule has 42 heavy (non-hydrogen) atoms. The SMILES string of the molecule is O=C(O)CN(C(=O)c1cc(Br)cc(B(O)O)c1)C1CCC(CC2CCC(C(=O)c3cc(Br)cc(B(O)O)c3)CC2)CC1. The highest BCUT2D eigenvalue weighted by Gasteiger charge is 2.34. The summed E-state index contributed by atoms with van der Waals surface area (Å²) in [7, 11) is -3.39. The number of aliphatic carboxylic acids is 1. The molecule has 0 unspecified atom stereocenters. The molecular formula is C29H35B2Br2NO8. The van der Waals surface area contributed by atoms with Crippen molar-refractivity contribution in [3.8, 4) is 0 Å². The van der Waals surface area contributed by atoms with Crippen LogP contribution in [0.1, 0.15) is 78.5 Å². The molecule has 5 N–H and O–H groups in total. The largest absolute Gasteiger partial charge is 0.488 e. The van der Waals surface area contributed by atoms with E-state index in [4.69, 9.17) is 0 Å². The number of nitrogens with zero attached hydrogens (tertiary/aromatic N) is 1. The van der Waals surface area contributed by atoms with Crippen LogP contribution in [-0.4, -0.2) is 74.6 Å². The first-order valence-electron chi connectivity index (χ1n) is 14.3. The van der Waals surface area contributed by atoms with Gasteiger partial charge >= 0.3 is 20.2 Å². The number of amides is 1. The van der Waals surface area contributed by atoms with Gasteiger partial charge < -0.3 is 30.1 Å². The second-order valence-corrected chi connectivity index (χ2v) is 13.4. The van der Waals surface area contributed by atoms with Gasteiger partial charge in [-0.2, -0.15) is 0 Å². The number of benzene rings is 2. The van der Waals surface area contributed by atoms with E-state index < -0.39 is 32.7 Å².